The van der Waals surface area contributed by atoms with E-state index < -0.39 is 0 Å². The fourth-order valence-electron chi connectivity index (χ4n) is 2.77. The van der Waals surface area contributed by atoms with E-state index in [4.69, 9.17) is 0 Å². The molecule has 0 aromatic heterocycles. The predicted molar refractivity (Wildman–Crippen MR) is 70.9 cm³/mol. The molecule has 1 saturated carbocycles. The van der Waals surface area contributed by atoms with Gasteiger partial charge in [0.25, 0.3) is 0 Å². The van der Waals surface area contributed by atoms with E-state index in [-0.39, 0.29) is 0 Å². The molecule has 1 atom stereocenters. The molecule has 1 aromatic carbocycles. The summed E-state index contributed by atoms with van der Waals surface area (Å²) in [7, 11) is 0. The SMILES string of the molecule is C=C1CCCC(c2cccc(C)c2C)CC1. The highest BCUT2D eigenvalue weighted by molar-refractivity contribution is 5.35. The van der Waals surface area contributed by atoms with Crippen LogP contribution in [0.4, 0.5) is 0 Å². The summed E-state index contributed by atoms with van der Waals surface area (Å²) in [5, 5.41) is 0. The van der Waals surface area contributed by atoms with Gasteiger partial charge in [0.1, 0.15) is 0 Å². The maximum atomic E-state index is 4.14. The van der Waals surface area contributed by atoms with E-state index in [0.29, 0.717) is 0 Å². The number of benzene rings is 1. The van der Waals surface area contributed by atoms with Crippen LogP contribution in [0.1, 0.15) is 54.7 Å². The number of allylic oxidation sites excluding steroid dienone is 1. The second-order valence-corrected chi connectivity index (χ2v) is 5.17. The second-order valence-electron chi connectivity index (χ2n) is 5.17. The van der Waals surface area contributed by atoms with Crippen LogP contribution in [0.25, 0.3) is 0 Å². The highest BCUT2D eigenvalue weighted by Gasteiger charge is 2.17. The van der Waals surface area contributed by atoms with E-state index in [9.17, 15) is 0 Å². The average Bonchev–Trinajstić information content (AvgIpc) is 2.47. The van der Waals surface area contributed by atoms with Crippen LogP contribution < -0.4 is 0 Å². The van der Waals surface area contributed by atoms with Gasteiger partial charge in [0.2, 0.25) is 0 Å². The molecule has 16 heavy (non-hydrogen) atoms. The van der Waals surface area contributed by atoms with Crippen molar-refractivity contribution in [2.24, 2.45) is 0 Å². The standard InChI is InChI=1S/C16H22/c1-12-6-4-8-15(11-10-12)16-9-5-7-13(2)14(16)3/h5,7,9,15H,1,4,6,8,10-11H2,2-3H3. The first-order valence-corrected chi connectivity index (χ1v) is 6.41. The molecule has 0 amide bonds. The van der Waals surface area contributed by atoms with Crippen LogP contribution in [-0.4, -0.2) is 0 Å². The molecular weight excluding hydrogens is 192 g/mol. The lowest BCUT2D eigenvalue weighted by Crippen LogP contribution is -2.01. The van der Waals surface area contributed by atoms with Crippen molar-refractivity contribution in [1.82, 2.24) is 0 Å². The molecule has 0 radical (unpaired) electrons. The van der Waals surface area contributed by atoms with Crippen molar-refractivity contribution in [1.29, 1.82) is 0 Å². The van der Waals surface area contributed by atoms with Crippen molar-refractivity contribution in [2.45, 2.75) is 51.9 Å². The first kappa shape index (κ1) is 11.4. The summed E-state index contributed by atoms with van der Waals surface area (Å²) in [6.45, 7) is 8.63. The number of rotatable bonds is 1. The van der Waals surface area contributed by atoms with E-state index in [0.717, 1.165) is 5.92 Å². The zero-order valence-electron chi connectivity index (χ0n) is 10.6. The summed E-state index contributed by atoms with van der Waals surface area (Å²) in [5.74, 6) is 0.763. The summed E-state index contributed by atoms with van der Waals surface area (Å²) in [5.41, 5.74) is 5.96. The third-order valence-electron chi connectivity index (χ3n) is 4.02. The molecule has 0 bridgehead atoms. The van der Waals surface area contributed by atoms with Crippen molar-refractivity contribution in [3.8, 4) is 0 Å². The topological polar surface area (TPSA) is 0 Å². The third kappa shape index (κ3) is 2.37. The molecule has 1 unspecified atom stereocenters. The van der Waals surface area contributed by atoms with E-state index in [1.807, 2.05) is 0 Å². The largest absolute Gasteiger partial charge is 0.0999 e. The molecule has 0 aliphatic heterocycles. The molecule has 0 heteroatoms. The van der Waals surface area contributed by atoms with Gasteiger partial charge in [-0.3, -0.25) is 0 Å². The minimum atomic E-state index is 0.763. The lowest BCUT2D eigenvalue weighted by atomic mass is 9.87. The van der Waals surface area contributed by atoms with E-state index in [2.05, 4.69) is 38.6 Å². The summed E-state index contributed by atoms with van der Waals surface area (Å²) in [6, 6.07) is 6.74. The summed E-state index contributed by atoms with van der Waals surface area (Å²) in [4.78, 5) is 0. The number of hydrogen-bond donors (Lipinski definition) is 0. The van der Waals surface area contributed by atoms with Gasteiger partial charge in [0, 0.05) is 0 Å². The van der Waals surface area contributed by atoms with Crippen LogP contribution in [0.5, 0.6) is 0 Å². The average molecular weight is 214 g/mol. The van der Waals surface area contributed by atoms with Gasteiger partial charge in [-0.05, 0) is 68.6 Å². The van der Waals surface area contributed by atoms with E-state index in [1.165, 1.54) is 48.8 Å². The first-order chi connectivity index (χ1) is 7.68. The Labute approximate surface area is 99.4 Å². The Morgan fingerprint density at radius 1 is 1.12 bits per heavy atom. The van der Waals surface area contributed by atoms with Crippen LogP contribution in [0, 0.1) is 13.8 Å². The van der Waals surface area contributed by atoms with Gasteiger partial charge in [0.05, 0.1) is 0 Å². The minimum absolute atomic E-state index is 0.763. The molecule has 86 valence electrons. The van der Waals surface area contributed by atoms with Crippen LogP contribution in [0.15, 0.2) is 30.4 Å². The zero-order chi connectivity index (χ0) is 11.5. The number of aryl methyl sites for hydroxylation is 1. The monoisotopic (exact) mass is 214 g/mol. The van der Waals surface area contributed by atoms with Crippen LogP contribution in [0.2, 0.25) is 0 Å². The Morgan fingerprint density at radius 3 is 2.75 bits per heavy atom. The first-order valence-electron chi connectivity index (χ1n) is 6.41. The molecule has 2 rings (SSSR count). The molecule has 1 fully saturated rings. The van der Waals surface area contributed by atoms with Gasteiger partial charge in [-0.1, -0.05) is 30.4 Å². The van der Waals surface area contributed by atoms with E-state index >= 15 is 0 Å². The van der Waals surface area contributed by atoms with Gasteiger partial charge < -0.3 is 0 Å². The van der Waals surface area contributed by atoms with Crippen molar-refractivity contribution in [2.75, 3.05) is 0 Å². The van der Waals surface area contributed by atoms with Crippen molar-refractivity contribution in [3.05, 3.63) is 47.0 Å². The predicted octanol–water partition coefficient (Wildman–Crippen LogP) is 4.91. The molecular formula is C16H22. The Morgan fingerprint density at radius 2 is 1.94 bits per heavy atom. The summed E-state index contributed by atoms with van der Waals surface area (Å²) in [6.07, 6.45) is 6.41. The van der Waals surface area contributed by atoms with Crippen LogP contribution in [-0.2, 0) is 0 Å². The zero-order valence-corrected chi connectivity index (χ0v) is 10.6. The maximum Gasteiger partial charge on any atom is -0.0156 e. The summed E-state index contributed by atoms with van der Waals surface area (Å²) >= 11 is 0. The van der Waals surface area contributed by atoms with Crippen LogP contribution in [0.3, 0.4) is 0 Å². The Hall–Kier alpha value is -1.04. The molecule has 0 heterocycles. The lowest BCUT2D eigenvalue weighted by Gasteiger charge is -2.18. The summed E-state index contributed by atoms with van der Waals surface area (Å²) < 4.78 is 0. The van der Waals surface area contributed by atoms with Gasteiger partial charge in [-0.2, -0.15) is 0 Å². The van der Waals surface area contributed by atoms with Gasteiger partial charge in [-0.15, -0.1) is 0 Å². The fourth-order valence-corrected chi connectivity index (χ4v) is 2.77. The number of hydrogen-bond acceptors (Lipinski definition) is 0. The molecule has 0 nitrogen and oxygen atoms in total. The molecule has 0 saturated heterocycles. The van der Waals surface area contributed by atoms with Crippen molar-refractivity contribution < 1.29 is 0 Å². The Kier molecular flexibility index (Phi) is 3.48. The Balaban J connectivity index is 2.23. The highest BCUT2D eigenvalue weighted by atomic mass is 14.2. The molecule has 1 aliphatic carbocycles. The quantitative estimate of drug-likeness (QED) is 0.460. The molecule has 0 spiro atoms. The van der Waals surface area contributed by atoms with Crippen molar-refractivity contribution in [3.63, 3.8) is 0 Å². The molecule has 0 N–H and O–H groups in total. The third-order valence-corrected chi connectivity index (χ3v) is 4.02. The lowest BCUT2D eigenvalue weighted by molar-refractivity contribution is 0.591. The highest BCUT2D eigenvalue weighted by Crippen LogP contribution is 2.35. The molecule has 1 aromatic rings. The van der Waals surface area contributed by atoms with Gasteiger partial charge in [-0.25, -0.2) is 0 Å². The van der Waals surface area contributed by atoms with Crippen molar-refractivity contribution >= 4 is 0 Å². The minimum Gasteiger partial charge on any atom is -0.0999 e. The fraction of sp³-hybridized carbons (Fsp3) is 0.500. The molecule has 1 aliphatic rings. The normalized spacial score (nSPS) is 21.9. The smallest absolute Gasteiger partial charge is 0.0156 e. The second kappa shape index (κ2) is 4.86. The van der Waals surface area contributed by atoms with E-state index in [1.54, 1.807) is 5.56 Å². The van der Waals surface area contributed by atoms with Gasteiger partial charge >= 0.3 is 0 Å². The van der Waals surface area contributed by atoms with Gasteiger partial charge in [0.15, 0.2) is 0 Å². The Bertz CT molecular complexity index is 387. The maximum absolute atomic E-state index is 4.14. The van der Waals surface area contributed by atoms with Crippen LogP contribution >= 0.6 is 0 Å².